The highest BCUT2D eigenvalue weighted by molar-refractivity contribution is 5.87. The maximum Gasteiger partial charge on any atom is 0.174 e. The van der Waals surface area contributed by atoms with Gasteiger partial charge >= 0.3 is 0 Å². The molecule has 0 aliphatic carbocycles. The van der Waals surface area contributed by atoms with Crippen molar-refractivity contribution in [2.24, 2.45) is 0 Å². The Balaban J connectivity index is 1.94. The van der Waals surface area contributed by atoms with Gasteiger partial charge in [0.15, 0.2) is 5.76 Å². The summed E-state index contributed by atoms with van der Waals surface area (Å²) in [6, 6.07) is 13.5. The SMILES string of the molecule is OCc1c(OCc2ccno2)ccc2ccccc12. The van der Waals surface area contributed by atoms with Gasteiger partial charge in [-0.1, -0.05) is 35.5 Å². The number of aromatic nitrogens is 1. The van der Waals surface area contributed by atoms with Gasteiger partial charge in [-0.15, -0.1) is 0 Å². The number of aliphatic hydroxyl groups excluding tert-OH is 1. The third-order valence-corrected chi connectivity index (χ3v) is 3.02. The molecule has 1 heterocycles. The van der Waals surface area contributed by atoms with Crippen LogP contribution >= 0.6 is 0 Å². The second-order valence-electron chi connectivity index (χ2n) is 4.19. The van der Waals surface area contributed by atoms with E-state index in [1.54, 1.807) is 12.3 Å². The van der Waals surface area contributed by atoms with E-state index in [0.717, 1.165) is 16.3 Å². The van der Waals surface area contributed by atoms with Crippen LogP contribution in [0, 0.1) is 0 Å². The van der Waals surface area contributed by atoms with Gasteiger partial charge in [0.2, 0.25) is 0 Å². The van der Waals surface area contributed by atoms with E-state index in [0.29, 0.717) is 18.1 Å². The molecule has 3 rings (SSSR count). The fourth-order valence-electron chi connectivity index (χ4n) is 2.08. The maximum absolute atomic E-state index is 9.56. The van der Waals surface area contributed by atoms with E-state index in [4.69, 9.17) is 9.26 Å². The summed E-state index contributed by atoms with van der Waals surface area (Å²) in [5, 5.41) is 15.3. The van der Waals surface area contributed by atoms with Crippen molar-refractivity contribution in [2.75, 3.05) is 0 Å². The zero-order chi connectivity index (χ0) is 13.1. The highest BCUT2D eigenvalue weighted by atomic mass is 16.5. The van der Waals surface area contributed by atoms with Crippen LogP contribution in [0.4, 0.5) is 0 Å². The Morgan fingerprint density at radius 2 is 2.00 bits per heavy atom. The minimum Gasteiger partial charge on any atom is -0.485 e. The molecule has 4 heteroatoms. The van der Waals surface area contributed by atoms with E-state index < -0.39 is 0 Å². The van der Waals surface area contributed by atoms with E-state index in [1.807, 2.05) is 36.4 Å². The van der Waals surface area contributed by atoms with Crippen molar-refractivity contribution in [3.8, 4) is 5.75 Å². The summed E-state index contributed by atoms with van der Waals surface area (Å²) in [7, 11) is 0. The van der Waals surface area contributed by atoms with Crippen LogP contribution in [-0.2, 0) is 13.2 Å². The van der Waals surface area contributed by atoms with Gasteiger partial charge in [-0.3, -0.25) is 0 Å². The Bertz CT molecular complexity index is 677. The van der Waals surface area contributed by atoms with Gasteiger partial charge in [0.1, 0.15) is 12.4 Å². The summed E-state index contributed by atoms with van der Waals surface area (Å²) < 4.78 is 10.7. The Labute approximate surface area is 110 Å². The van der Waals surface area contributed by atoms with Crippen molar-refractivity contribution >= 4 is 10.8 Å². The van der Waals surface area contributed by atoms with Crippen LogP contribution < -0.4 is 4.74 Å². The van der Waals surface area contributed by atoms with Crippen LogP contribution in [0.5, 0.6) is 5.75 Å². The largest absolute Gasteiger partial charge is 0.485 e. The molecule has 0 saturated heterocycles. The van der Waals surface area contributed by atoms with Crippen molar-refractivity contribution in [2.45, 2.75) is 13.2 Å². The highest BCUT2D eigenvalue weighted by Crippen LogP contribution is 2.28. The molecule has 0 radical (unpaired) electrons. The molecule has 3 aromatic rings. The fraction of sp³-hybridized carbons (Fsp3) is 0.133. The summed E-state index contributed by atoms with van der Waals surface area (Å²) in [4.78, 5) is 0. The number of hydrogen-bond acceptors (Lipinski definition) is 4. The molecule has 0 fully saturated rings. The van der Waals surface area contributed by atoms with Gasteiger partial charge in [0.25, 0.3) is 0 Å². The fourth-order valence-corrected chi connectivity index (χ4v) is 2.08. The molecule has 1 aromatic heterocycles. The topological polar surface area (TPSA) is 55.5 Å². The number of hydrogen-bond donors (Lipinski definition) is 1. The third kappa shape index (κ3) is 2.30. The number of fused-ring (bicyclic) bond motifs is 1. The van der Waals surface area contributed by atoms with E-state index in [2.05, 4.69) is 5.16 Å². The summed E-state index contributed by atoms with van der Waals surface area (Å²) in [6.45, 7) is 0.235. The molecular formula is C15H13NO3. The van der Waals surface area contributed by atoms with E-state index in [1.165, 1.54) is 0 Å². The van der Waals surface area contributed by atoms with Gasteiger partial charge in [-0.25, -0.2) is 0 Å². The van der Waals surface area contributed by atoms with E-state index in [-0.39, 0.29) is 6.61 Å². The van der Waals surface area contributed by atoms with Gasteiger partial charge in [-0.05, 0) is 16.8 Å². The van der Waals surface area contributed by atoms with Crippen molar-refractivity contribution in [3.63, 3.8) is 0 Å². The molecule has 0 aliphatic rings. The number of nitrogens with zero attached hydrogens (tertiary/aromatic N) is 1. The quantitative estimate of drug-likeness (QED) is 0.778. The lowest BCUT2D eigenvalue weighted by atomic mass is 10.0. The van der Waals surface area contributed by atoms with E-state index >= 15 is 0 Å². The molecule has 0 unspecified atom stereocenters. The third-order valence-electron chi connectivity index (χ3n) is 3.02. The van der Waals surface area contributed by atoms with Crippen LogP contribution in [0.15, 0.2) is 53.2 Å². The molecule has 2 aromatic carbocycles. The molecule has 4 nitrogen and oxygen atoms in total. The van der Waals surface area contributed by atoms with Crippen molar-refractivity contribution in [1.82, 2.24) is 5.16 Å². The summed E-state index contributed by atoms with van der Waals surface area (Å²) >= 11 is 0. The monoisotopic (exact) mass is 255 g/mol. The Kier molecular flexibility index (Phi) is 3.16. The second-order valence-corrected chi connectivity index (χ2v) is 4.19. The van der Waals surface area contributed by atoms with Gasteiger partial charge in [0, 0.05) is 11.6 Å². The predicted molar refractivity (Wildman–Crippen MR) is 70.7 cm³/mol. The second kappa shape index (κ2) is 5.12. The molecule has 0 bridgehead atoms. The molecule has 19 heavy (non-hydrogen) atoms. The first kappa shape index (κ1) is 11.7. The highest BCUT2D eigenvalue weighted by Gasteiger charge is 2.08. The average Bonchev–Trinajstić information content (AvgIpc) is 2.97. The molecule has 0 atom stereocenters. The Hall–Kier alpha value is -2.33. The summed E-state index contributed by atoms with van der Waals surface area (Å²) in [6.07, 6.45) is 1.58. The molecule has 96 valence electrons. The lowest BCUT2D eigenvalue weighted by Gasteiger charge is -2.11. The van der Waals surface area contributed by atoms with Gasteiger partial charge in [-0.2, -0.15) is 0 Å². The molecular weight excluding hydrogens is 242 g/mol. The molecule has 1 N–H and O–H groups in total. The number of rotatable bonds is 4. The van der Waals surface area contributed by atoms with Crippen LogP contribution in [0.1, 0.15) is 11.3 Å². The lowest BCUT2D eigenvalue weighted by Crippen LogP contribution is -1.98. The average molecular weight is 255 g/mol. The number of benzene rings is 2. The summed E-state index contributed by atoms with van der Waals surface area (Å²) in [5.41, 5.74) is 0.789. The molecule has 0 spiro atoms. The van der Waals surface area contributed by atoms with Crippen LogP contribution in [0.2, 0.25) is 0 Å². The van der Waals surface area contributed by atoms with Crippen LogP contribution in [0.3, 0.4) is 0 Å². The lowest BCUT2D eigenvalue weighted by molar-refractivity contribution is 0.234. The van der Waals surface area contributed by atoms with Crippen molar-refractivity contribution in [1.29, 1.82) is 0 Å². The minimum atomic E-state index is -0.0624. The van der Waals surface area contributed by atoms with Crippen molar-refractivity contribution < 1.29 is 14.4 Å². The predicted octanol–water partition coefficient (Wildman–Crippen LogP) is 2.90. The molecule has 0 aliphatic heterocycles. The first-order valence-corrected chi connectivity index (χ1v) is 6.02. The zero-order valence-corrected chi connectivity index (χ0v) is 10.2. The van der Waals surface area contributed by atoms with Gasteiger partial charge in [0.05, 0.1) is 12.8 Å². The first-order valence-electron chi connectivity index (χ1n) is 6.02. The first-order chi connectivity index (χ1) is 9.38. The van der Waals surface area contributed by atoms with E-state index in [9.17, 15) is 5.11 Å². The minimum absolute atomic E-state index is 0.0624. The van der Waals surface area contributed by atoms with Crippen molar-refractivity contribution in [3.05, 3.63) is 60.0 Å². The Morgan fingerprint density at radius 3 is 2.79 bits per heavy atom. The van der Waals surface area contributed by atoms with Crippen LogP contribution in [-0.4, -0.2) is 10.3 Å². The normalized spacial score (nSPS) is 10.8. The summed E-state index contributed by atoms with van der Waals surface area (Å²) in [5.74, 6) is 1.31. The standard InChI is InChI=1S/C15H13NO3/c17-9-14-13-4-2-1-3-11(13)5-6-15(14)18-10-12-7-8-16-19-12/h1-8,17H,9-10H2. The number of aliphatic hydroxyl groups is 1. The molecule has 0 amide bonds. The van der Waals surface area contributed by atoms with Crippen LogP contribution in [0.25, 0.3) is 10.8 Å². The maximum atomic E-state index is 9.56. The number of ether oxygens (including phenoxy) is 1. The molecule has 0 saturated carbocycles. The Morgan fingerprint density at radius 1 is 1.11 bits per heavy atom. The zero-order valence-electron chi connectivity index (χ0n) is 10.2. The van der Waals surface area contributed by atoms with Gasteiger partial charge < -0.3 is 14.4 Å². The smallest absolute Gasteiger partial charge is 0.174 e.